The third-order valence-electron chi connectivity index (χ3n) is 11.8. The molecule has 0 unspecified atom stereocenters. The zero-order chi connectivity index (χ0) is 39.6. The Balaban J connectivity index is 1.24. The van der Waals surface area contributed by atoms with E-state index in [1.807, 2.05) is 45.0 Å². The van der Waals surface area contributed by atoms with Gasteiger partial charge in [-0.15, -0.1) is 11.3 Å². The molecule has 6 rings (SSSR count). The van der Waals surface area contributed by atoms with Crippen molar-refractivity contribution in [2.75, 3.05) is 19.6 Å². The molecule has 55 heavy (non-hydrogen) atoms. The van der Waals surface area contributed by atoms with Crippen molar-refractivity contribution in [1.82, 2.24) is 14.8 Å². The second-order valence-electron chi connectivity index (χ2n) is 15.4. The zero-order valence-electron chi connectivity index (χ0n) is 31.6. The number of carbonyl (C=O) groups is 3. The predicted octanol–water partition coefficient (Wildman–Crippen LogP) is 8.01. The highest BCUT2D eigenvalue weighted by Crippen LogP contribution is 2.46. The van der Waals surface area contributed by atoms with Crippen LogP contribution in [0.2, 0.25) is 0 Å². The number of aliphatic hydroxyl groups is 1. The molecule has 2 aromatic heterocycles. The predicted molar refractivity (Wildman–Crippen MR) is 200 cm³/mol. The maximum absolute atomic E-state index is 15.0. The summed E-state index contributed by atoms with van der Waals surface area (Å²) in [5.74, 6) is -1.11. The van der Waals surface area contributed by atoms with Gasteiger partial charge in [-0.25, -0.2) is 0 Å². The van der Waals surface area contributed by atoms with Gasteiger partial charge in [-0.3, -0.25) is 19.4 Å². The van der Waals surface area contributed by atoms with Crippen molar-refractivity contribution in [3.63, 3.8) is 0 Å². The van der Waals surface area contributed by atoms with Gasteiger partial charge in [0.05, 0.1) is 28.7 Å². The molecular formula is C41H50F3N3O7S. The first-order chi connectivity index (χ1) is 26.1. The van der Waals surface area contributed by atoms with E-state index in [0.717, 1.165) is 29.6 Å². The summed E-state index contributed by atoms with van der Waals surface area (Å²) < 4.78 is 55.3. The molecule has 1 aliphatic carbocycles. The average Bonchev–Trinajstić information content (AvgIpc) is 3.55. The zero-order valence-corrected chi connectivity index (χ0v) is 32.4. The number of aryl methyl sites for hydroxylation is 1. The van der Waals surface area contributed by atoms with E-state index in [9.17, 15) is 33.0 Å². The van der Waals surface area contributed by atoms with Gasteiger partial charge in [0.2, 0.25) is 5.60 Å². The van der Waals surface area contributed by atoms with Crippen molar-refractivity contribution >= 4 is 29.1 Å². The highest BCUT2D eigenvalue weighted by molar-refractivity contribution is 7.10. The fourth-order valence-corrected chi connectivity index (χ4v) is 9.13. The number of aromatic nitrogens is 1. The lowest BCUT2D eigenvalue weighted by molar-refractivity contribution is -0.163. The molecule has 0 bridgehead atoms. The van der Waals surface area contributed by atoms with Crippen LogP contribution >= 0.6 is 11.3 Å². The number of likely N-dealkylation sites (tertiary alicyclic amines) is 2. The lowest BCUT2D eigenvalue weighted by Crippen LogP contribution is -2.68. The number of alkyl halides is 3. The lowest BCUT2D eigenvalue weighted by Gasteiger charge is -2.51. The van der Waals surface area contributed by atoms with E-state index in [0.29, 0.717) is 62.0 Å². The number of aliphatic carboxylic acids is 1. The number of thiophene rings is 1. The van der Waals surface area contributed by atoms with Crippen LogP contribution < -0.4 is 9.47 Å². The molecule has 3 fully saturated rings. The molecule has 2 saturated heterocycles. The van der Waals surface area contributed by atoms with Crippen molar-refractivity contribution in [1.29, 1.82) is 0 Å². The number of amides is 2. The molecule has 3 atom stereocenters. The van der Waals surface area contributed by atoms with Crippen molar-refractivity contribution < 1.29 is 47.2 Å². The molecule has 0 spiro atoms. The number of pyridine rings is 1. The molecule has 1 aromatic carbocycles. The number of ether oxygens (including phenoxy) is 2. The number of piperidine rings is 2. The standard InChI is InChI=1S/C41H50F3N3O7S/c1-4-10-33-40(54-29-25-28(3)55-26-29,17-9-22-47(33)35(48)34-31(41(42,43)44)12-7-21-45-34)36(49)46-23-19-39(52,20-24-46)30-11-5-6-13-32(30)53-27(2)14-18-38(37(50)51)15-8-16-38/h5-7,11-13,21,25-27,33,52H,4,8-10,14-20,22-24H2,1-3H3,(H,50,51)/t27-,33+,40-/m0/s1. The maximum atomic E-state index is 15.0. The van der Waals surface area contributed by atoms with E-state index in [-0.39, 0.29) is 50.9 Å². The summed E-state index contributed by atoms with van der Waals surface area (Å²) in [7, 11) is 0. The number of nitrogens with zero attached hydrogens (tertiary/aromatic N) is 3. The number of rotatable bonds is 13. The largest absolute Gasteiger partial charge is 0.490 e. The van der Waals surface area contributed by atoms with Gasteiger partial charge in [0.1, 0.15) is 17.2 Å². The van der Waals surface area contributed by atoms with Crippen LogP contribution in [0.15, 0.2) is 54.0 Å². The smallest absolute Gasteiger partial charge is 0.418 e. The third kappa shape index (κ3) is 8.21. The Morgan fingerprint density at radius 1 is 1.04 bits per heavy atom. The fourth-order valence-electron chi connectivity index (χ4n) is 8.53. The molecular weight excluding hydrogens is 736 g/mol. The molecule has 3 aliphatic rings. The minimum absolute atomic E-state index is 0.130. The number of carboxylic acids is 1. The Kier molecular flexibility index (Phi) is 11.9. The van der Waals surface area contributed by atoms with Crippen LogP contribution in [-0.2, 0) is 21.4 Å². The number of benzene rings is 1. The van der Waals surface area contributed by atoms with Gasteiger partial charge in [0.25, 0.3) is 11.8 Å². The minimum atomic E-state index is -4.81. The number of hydrogen-bond donors (Lipinski definition) is 2. The Hall–Kier alpha value is -4.17. The van der Waals surface area contributed by atoms with Crippen LogP contribution in [0.5, 0.6) is 11.5 Å². The molecule has 0 radical (unpaired) electrons. The number of hydrogen-bond acceptors (Lipinski definition) is 8. The van der Waals surface area contributed by atoms with Crippen LogP contribution in [0.1, 0.15) is 111 Å². The number of para-hydroxylation sites is 1. The van der Waals surface area contributed by atoms with E-state index in [4.69, 9.17) is 9.47 Å². The monoisotopic (exact) mass is 785 g/mol. The molecule has 298 valence electrons. The number of carboxylic acid groups (broad SMARTS) is 1. The van der Waals surface area contributed by atoms with E-state index >= 15 is 4.79 Å². The number of halogens is 3. The third-order valence-corrected chi connectivity index (χ3v) is 12.6. The first-order valence-corrected chi connectivity index (χ1v) is 20.1. The normalized spacial score (nSPS) is 22.7. The van der Waals surface area contributed by atoms with E-state index < -0.39 is 52.0 Å². The van der Waals surface area contributed by atoms with Gasteiger partial charge < -0.3 is 29.5 Å². The maximum Gasteiger partial charge on any atom is 0.418 e. The molecule has 1 saturated carbocycles. The Labute approximate surface area is 323 Å². The highest BCUT2D eigenvalue weighted by Gasteiger charge is 2.56. The van der Waals surface area contributed by atoms with Crippen molar-refractivity contribution in [3.8, 4) is 11.5 Å². The van der Waals surface area contributed by atoms with Crippen LogP contribution in [0.3, 0.4) is 0 Å². The van der Waals surface area contributed by atoms with E-state index in [2.05, 4.69) is 4.98 Å². The summed E-state index contributed by atoms with van der Waals surface area (Å²) in [5, 5.41) is 23.7. The molecule has 10 nitrogen and oxygen atoms in total. The summed E-state index contributed by atoms with van der Waals surface area (Å²) in [4.78, 5) is 48.8. The second-order valence-corrected chi connectivity index (χ2v) is 16.5. The van der Waals surface area contributed by atoms with Crippen molar-refractivity contribution in [2.24, 2.45) is 5.41 Å². The molecule has 4 heterocycles. The first-order valence-electron chi connectivity index (χ1n) is 19.2. The van der Waals surface area contributed by atoms with Crippen LogP contribution in [0.25, 0.3) is 0 Å². The molecule has 2 N–H and O–H groups in total. The topological polar surface area (TPSA) is 130 Å². The van der Waals surface area contributed by atoms with Crippen LogP contribution in [0, 0.1) is 12.3 Å². The Bertz CT molecular complexity index is 1860. The van der Waals surface area contributed by atoms with Gasteiger partial charge in [0, 0.05) is 48.1 Å². The Morgan fingerprint density at radius 3 is 2.38 bits per heavy atom. The molecule has 2 aliphatic heterocycles. The van der Waals surface area contributed by atoms with Crippen LogP contribution in [0.4, 0.5) is 13.2 Å². The summed E-state index contributed by atoms with van der Waals surface area (Å²) in [5.41, 5.74) is -4.91. The summed E-state index contributed by atoms with van der Waals surface area (Å²) in [6.07, 6.45) is 1.05. The second kappa shape index (κ2) is 16.1. The minimum Gasteiger partial charge on any atom is -0.490 e. The van der Waals surface area contributed by atoms with Gasteiger partial charge in [0.15, 0.2) is 0 Å². The molecule has 3 aromatic rings. The first kappa shape index (κ1) is 40.5. The van der Waals surface area contributed by atoms with Gasteiger partial charge >= 0.3 is 12.1 Å². The van der Waals surface area contributed by atoms with E-state index in [1.54, 1.807) is 16.3 Å². The molecule has 14 heteroatoms. The summed E-state index contributed by atoms with van der Waals surface area (Å²) >= 11 is 1.44. The van der Waals surface area contributed by atoms with Gasteiger partial charge in [-0.05, 0) is 89.5 Å². The fraction of sp³-hybridized carbons (Fsp3) is 0.561. The summed E-state index contributed by atoms with van der Waals surface area (Å²) in [6, 6.07) is 10.1. The highest BCUT2D eigenvalue weighted by atomic mass is 32.1. The van der Waals surface area contributed by atoms with Crippen LogP contribution in [-0.4, -0.2) is 80.2 Å². The SMILES string of the molecule is CCC[C@H]1N(C(=O)c2ncccc2C(F)(F)F)CCC[C@@]1(Oc1csc(C)c1)C(=O)N1CCC(O)(c2ccccc2O[C@@H](C)CCC2(C(=O)O)CCC2)CC1. The van der Waals surface area contributed by atoms with Gasteiger partial charge in [-0.2, -0.15) is 13.2 Å². The van der Waals surface area contributed by atoms with E-state index in [1.165, 1.54) is 16.2 Å². The number of carbonyl (C=O) groups excluding carboxylic acids is 2. The lowest BCUT2D eigenvalue weighted by atomic mass is 9.66. The quantitative estimate of drug-likeness (QED) is 0.178. The Morgan fingerprint density at radius 2 is 1.76 bits per heavy atom. The molecule has 2 amide bonds. The van der Waals surface area contributed by atoms with Crippen molar-refractivity contribution in [3.05, 3.63) is 75.7 Å². The average molecular weight is 786 g/mol. The van der Waals surface area contributed by atoms with Crippen molar-refractivity contribution in [2.45, 2.75) is 121 Å². The van der Waals surface area contributed by atoms with Gasteiger partial charge in [-0.1, -0.05) is 38.0 Å². The summed E-state index contributed by atoms with van der Waals surface area (Å²) in [6.45, 7) is 6.12.